The standard InChI is InChI=1S/C14H18ClN3O.ClH/c1-11-13(9-16-7-8-19)14(15)18(17-11)10-12-5-3-2-4-6-12;/h2-6,16,19H,7-10H2,1H3;1H. The molecule has 0 bridgehead atoms. The number of aromatic nitrogens is 2. The molecule has 1 heterocycles. The third kappa shape index (κ3) is 4.21. The van der Waals surface area contributed by atoms with Crippen LogP contribution in [0.15, 0.2) is 30.3 Å². The normalized spacial score (nSPS) is 10.3. The lowest BCUT2D eigenvalue weighted by Gasteiger charge is -2.05. The molecule has 2 aromatic rings. The molecule has 0 aliphatic heterocycles. The van der Waals surface area contributed by atoms with Crippen LogP contribution < -0.4 is 5.32 Å². The van der Waals surface area contributed by atoms with Gasteiger partial charge in [-0.1, -0.05) is 41.9 Å². The van der Waals surface area contributed by atoms with Crippen molar-refractivity contribution in [2.75, 3.05) is 13.2 Å². The summed E-state index contributed by atoms with van der Waals surface area (Å²) in [5.74, 6) is 0. The Kier molecular flexibility index (Phi) is 7.02. The molecule has 0 atom stereocenters. The van der Waals surface area contributed by atoms with Gasteiger partial charge in [-0.05, 0) is 12.5 Å². The third-order valence-corrected chi connectivity index (χ3v) is 3.37. The van der Waals surface area contributed by atoms with Gasteiger partial charge in [0.15, 0.2) is 0 Å². The van der Waals surface area contributed by atoms with Gasteiger partial charge >= 0.3 is 0 Å². The molecule has 0 fully saturated rings. The van der Waals surface area contributed by atoms with Gasteiger partial charge in [0.1, 0.15) is 5.15 Å². The van der Waals surface area contributed by atoms with Crippen LogP contribution in [-0.2, 0) is 13.1 Å². The Labute approximate surface area is 130 Å². The first-order valence-electron chi connectivity index (χ1n) is 6.29. The SMILES string of the molecule is Cc1nn(Cc2ccccc2)c(Cl)c1CNCCO.Cl. The average molecular weight is 316 g/mol. The van der Waals surface area contributed by atoms with Crippen molar-refractivity contribution in [1.82, 2.24) is 15.1 Å². The molecule has 1 aromatic heterocycles. The fraction of sp³-hybridized carbons (Fsp3) is 0.357. The summed E-state index contributed by atoms with van der Waals surface area (Å²) < 4.78 is 1.81. The van der Waals surface area contributed by atoms with E-state index >= 15 is 0 Å². The monoisotopic (exact) mass is 315 g/mol. The zero-order valence-electron chi connectivity index (χ0n) is 11.3. The number of aliphatic hydroxyl groups is 1. The van der Waals surface area contributed by atoms with Crippen LogP contribution in [0.4, 0.5) is 0 Å². The van der Waals surface area contributed by atoms with Gasteiger partial charge in [-0.3, -0.25) is 0 Å². The first-order chi connectivity index (χ1) is 9.22. The Bertz CT molecular complexity index is 529. The van der Waals surface area contributed by atoms with E-state index in [4.69, 9.17) is 16.7 Å². The number of hydrogen-bond donors (Lipinski definition) is 2. The number of aliphatic hydroxyl groups excluding tert-OH is 1. The predicted molar refractivity (Wildman–Crippen MR) is 83.6 cm³/mol. The van der Waals surface area contributed by atoms with Crippen LogP contribution in [0.25, 0.3) is 0 Å². The number of rotatable bonds is 6. The molecule has 0 aliphatic rings. The fourth-order valence-electron chi connectivity index (χ4n) is 1.94. The second kappa shape index (κ2) is 8.27. The number of halogens is 2. The van der Waals surface area contributed by atoms with Crippen molar-refractivity contribution >= 4 is 24.0 Å². The number of benzene rings is 1. The maximum Gasteiger partial charge on any atom is 0.132 e. The minimum Gasteiger partial charge on any atom is -0.395 e. The summed E-state index contributed by atoms with van der Waals surface area (Å²) in [6.07, 6.45) is 0. The molecule has 0 spiro atoms. The van der Waals surface area contributed by atoms with Crippen molar-refractivity contribution in [2.45, 2.75) is 20.0 Å². The Balaban J connectivity index is 0.00000200. The van der Waals surface area contributed by atoms with Gasteiger partial charge in [0.2, 0.25) is 0 Å². The molecule has 4 nitrogen and oxygen atoms in total. The lowest BCUT2D eigenvalue weighted by molar-refractivity contribution is 0.292. The Hall–Kier alpha value is -1.07. The molecule has 6 heteroatoms. The molecule has 0 saturated heterocycles. The summed E-state index contributed by atoms with van der Waals surface area (Å²) in [7, 11) is 0. The van der Waals surface area contributed by atoms with Crippen LogP contribution in [-0.4, -0.2) is 28.0 Å². The van der Waals surface area contributed by atoms with Crippen molar-refractivity contribution in [2.24, 2.45) is 0 Å². The van der Waals surface area contributed by atoms with Crippen LogP contribution in [0, 0.1) is 6.92 Å². The molecule has 20 heavy (non-hydrogen) atoms. The van der Waals surface area contributed by atoms with Gasteiger partial charge in [-0.15, -0.1) is 12.4 Å². The van der Waals surface area contributed by atoms with E-state index in [0.29, 0.717) is 24.8 Å². The smallest absolute Gasteiger partial charge is 0.132 e. The second-order valence-corrected chi connectivity index (χ2v) is 4.76. The van der Waals surface area contributed by atoms with Crippen LogP contribution in [0.5, 0.6) is 0 Å². The molecule has 1 aromatic carbocycles. The minimum absolute atomic E-state index is 0. The van der Waals surface area contributed by atoms with E-state index in [1.807, 2.05) is 29.8 Å². The van der Waals surface area contributed by atoms with Crippen LogP contribution >= 0.6 is 24.0 Å². The zero-order chi connectivity index (χ0) is 13.7. The minimum atomic E-state index is 0. The molecule has 2 N–H and O–H groups in total. The summed E-state index contributed by atoms with van der Waals surface area (Å²) >= 11 is 6.36. The first kappa shape index (κ1) is 17.0. The van der Waals surface area contributed by atoms with E-state index < -0.39 is 0 Å². The molecule has 110 valence electrons. The summed E-state index contributed by atoms with van der Waals surface area (Å²) in [5, 5.41) is 17.0. The van der Waals surface area contributed by atoms with Crippen LogP contribution in [0.1, 0.15) is 16.8 Å². The van der Waals surface area contributed by atoms with E-state index in [2.05, 4.69) is 22.5 Å². The summed E-state index contributed by atoms with van der Waals surface area (Å²) in [5.41, 5.74) is 3.08. The van der Waals surface area contributed by atoms with Crippen molar-refractivity contribution in [3.05, 3.63) is 52.3 Å². The van der Waals surface area contributed by atoms with Gasteiger partial charge < -0.3 is 10.4 Å². The Morgan fingerprint density at radius 2 is 2.00 bits per heavy atom. The fourth-order valence-corrected chi connectivity index (χ4v) is 2.25. The highest BCUT2D eigenvalue weighted by Crippen LogP contribution is 2.20. The summed E-state index contributed by atoms with van der Waals surface area (Å²) in [6, 6.07) is 10.1. The molecule has 0 amide bonds. The van der Waals surface area contributed by atoms with Crippen molar-refractivity contribution < 1.29 is 5.11 Å². The summed E-state index contributed by atoms with van der Waals surface area (Å²) in [6.45, 7) is 3.91. The van der Waals surface area contributed by atoms with Crippen LogP contribution in [0.3, 0.4) is 0 Å². The maximum absolute atomic E-state index is 8.77. The van der Waals surface area contributed by atoms with Crippen molar-refractivity contribution in [3.63, 3.8) is 0 Å². The topological polar surface area (TPSA) is 50.1 Å². The molecule has 0 aliphatic carbocycles. The number of nitrogens with one attached hydrogen (secondary N) is 1. The zero-order valence-corrected chi connectivity index (χ0v) is 12.9. The lowest BCUT2D eigenvalue weighted by Crippen LogP contribution is -2.17. The lowest BCUT2D eigenvalue weighted by atomic mass is 10.2. The van der Waals surface area contributed by atoms with Crippen molar-refractivity contribution in [3.8, 4) is 0 Å². The Morgan fingerprint density at radius 1 is 1.30 bits per heavy atom. The van der Waals surface area contributed by atoms with Gasteiger partial charge in [-0.2, -0.15) is 5.10 Å². The van der Waals surface area contributed by atoms with Gasteiger partial charge in [-0.25, -0.2) is 4.68 Å². The molecule has 0 unspecified atom stereocenters. The van der Waals surface area contributed by atoms with E-state index in [1.54, 1.807) is 0 Å². The second-order valence-electron chi connectivity index (χ2n) is 4.40. The molecule has 0 radical (unpaired) electrons. The molecule has 2 rings (SSSR count). The number of hydrogen-bond acceptors (Lipinski definition) is 3. The highest BCUT2D eigenvalue weighted by Gasteiger charge is 2.12. The average Bonchev–Trinajstić information content (AvgIpc) is 2.68. The maximum atomic E-state index is 8.77. The highest BCUT2D eigenvalue weighted by atomic mass is 35.5. The van der Waals surface area contributed by atoms with E-state index in [-0.39, 0.29) is 19.0 Å². The van der Waals surface area contributed by atoms with E-state index in [1.165, 1.54) is 5.56 Å². The van der Waals surface area contributed by atoms with Gasteiger partial charge in [0.25, 0.3) is 0 Å². The third-order valence-electron chi connectivity index (χ3n) is 2.95. The van der Waals surface area contributed by atoms with Crippen molar-refractivity contribution in [1.29, 1.82) is 0 Å². The largest absolute Gasteiger partial charge is 0.395 e. The predicted octanol–water partition coefficient (Wildman–Crippen LogP) is 2.40. The Morgan fingerprint density at radius 3 is 2.65 bits per heavy atom. The van der Waals surface area contributed by atoms with Crippen LogP contribution in [0.2, 0.25) is 5.15 Å². The number of nitrogens with zero attached hydrogens (tertiary/aromatic N) is 2. The quantitative estimate of drug-likeness (QED) is 0.805. The number of aryl methyl sites for hydroxylation is 1. The first-order valence-corrected chi connectivity index (χ1v) is 6.67. The molecular formula is C14H19Cl2N3O. The molecule has 0 saturated carbocycles. The summed E-state index contributed by atoms with van der Waals surface area (Å²) in [4.78, 5) is 0. The van der Waals surface area contributed by atoms with E-state index in [9.17, 15) is 0 Å². The van der Waals surface area contributed by atoms with E-state index in [0.717, 1.165) is 11.3 Å². The highest BCUT2D eigenvalue weighted by molar-refractivity contribution is 6.30. The van der Waals surface area contributed by atoms with Gasteiger partial charge in [0.05, 0.1) is 18.8 Å². The van der Waals surface area contributed by atoms with Gasteiger partial charge in [0, 0.05) is 18.7 Å². The molecular weight excluding hydrogens is 297 g/mol.